The summed E-state index contributed by atoms with van der Waals surface area (Å²) in [7, 11) is 1.65. The zero-order valence-corrected chi connectivity index (χ0v) is 22.2. The SMILES string of the molecule is CC[C@H](C)c1ccccc1NC(=O)[C@@H](C)Sc1nnc(-c2cccs2)n1-c1cc(C)ccc1OC. The number of aryl methyl sites for hydroxylation is 1. The van der Waals surface area contributed by atoms with Crippen LogP contribution in [0.25, 0.3) is 16.4 Å². The minimum Gasteiger partial charge on any atom is -0.495 e. The van der Waals surface area contributed by atoms with E-state index < -0.39 is 5.25 Å². The number of carbonyl (C=O) groups excluding carboxylic acids is 1. The highest BCUT2D eigenvalue weighted by Crippen LogP contribution is 2.36. The van der Waals surface area contributed by atoms with Crippen molar-refractivity contribution in [2.24, 2.45) is 0 Å². The second-order valence-electron chi connectivity index (χ2n) is 8.44. The number of thioether (sulfide) groups is 1. The molecule has 0 fully saturated rings. The Balaban J connectivity index is 1.67. The van der Waals surface area contributed by atoms with Gasteiger partial charge in [0.2, 0.25) is 5.91 Å². The number of para-hydroxylation sites is 1. The molecular weight excluding hydrogens is 476 g/mol. The number of rotatable bonds is 9. The summed E-state index contributed by atoms with van der Waals surface area (Å²) in [6.07, 6.45) is 1.00. The van der Waals surface area contributed by atoms with Crippen molar-refractivity contribution in [1.29, 1.82) is 0 Å². The molecule has 0 saturated carbocycles. The zero-order chi connectivity index (χ0) is 24.9. The fourth-order valence-corrected chi connectivity index (χ4v) is 5.37. The van der Waals surface area contributed by atoms with Gasteiger partial charge in [0.25, 0.3) is 0 Å². The Bertz CT molecular complexity index is 1300. The lowest BCUT2D eigenvalue weighted by atomic mass is 9.97. The van der Waals surface area contributed by atoms with Crippen molar-refractivity contribution in [2.75, 3.05) is 12.4 Å². The average Bonchev–Trinajstić information content (AvgIpc) is 3.54. The minimum atomic E-state index is -0.394. The summed E-state index contributed by atoms with van der Waals surface area (Å²) in [5.74, 6) is 1.73. The van der Waals surface area contributed by atoms with Crippen LogP contribution < -0.4 is 10.1 Å². The van der Waals surface area contributed by atoms with E-state index in [0.29, 0.717) is 11.1 Å². The predicted octanol–water partition coefficient (Wildman–Crippen LogP) is 6.95. The molecule has 0 aliphatic heterocycles. The standard InChI is InChI=1S/C27H30N4O2S2/c1-6-18(3)20-10-7-8-11-21(20)28-26(32)19(4)35-27-30-29-25(24-12-9-15-34-24)31(27)22-16-17(2)13-14-23(22)33-5/h7-16,18-19H,6H2,1-5H3,(H,28,32)/t18-,19+/m0/s1. The van der Waals surface area contributed by atoms with Gasteiger partial charge in [0.05, 0.1) is 22.9 Å². The van der Waals surface area contributed by atoms with Crippen LogP contribution in [0.3, 0.4) is 0 Å². The third-order valence-electron chi connectivity index (χ3n) is 5.96. The molecule has 35 heavy (non-hydrogen) atoms. The van der Waals surface area contributed by atoms with Crippen LogP contribution in [0.1, 0.15) is 44.2 Å². The van der Waals surface area contributed by atoms with Gasteiger partial charge in [0, 0.05) is 5.69 Å². The molecule has 4 aromatic rings. The van der Waals surface area contributed by atoms with Crippen molar-refractivity contribution in [2.45, 2.75) is 50.4 Å². The van der Waals surface area contributed by atoms with Gasteiger partial charge in [-0.15, -0.1) is 21.5 Å². The van der Waals surface area contributed by atoms with Crippen molar-refractivity contribution in [1.82, 2.24) is 14.8 Å². The lowest BCUT2D eigenvalue weighted by Crippen LogP contribution is -2.23. The molecule has 2 heterocycles. The van der Waals surface area contributed by atoms with Crippen LogP contribution in [-0.4, -0.2) is 33.0 Å². The highest BCUT2D eigenvalue weighted by atomic mass is 32.2. The third kappa shape index (κ3) is 5.44. The van der Waals surface area contributed by atoms with Gasteiger partial charge >= 0.3 is 0 Å². The number of hydrogen-bond acceptors (Lipinski definition) is 6. The molecule has 182 valence electrons. The quantitative estimate of drug-likeness (QED) is 0.249. The maximum atomic E-state index is 13.2. The predicted molar refractivity (Wildman–Crippen MR) is 145 cm³/mol. The molecule has 1 amide bonds. The number of nitrogens with zero attached hydrogens (tertiary/aromatic N) is 3. The number of carbonyl (C=O) groups is 1. The third-order valence-corrected chi connectivity index (χ3v) is 7.87. The molecule has 1 N–H and O–H groups in total. The second kappa shape index (κ2) is 11.1. The molecule has 0 bridgehead atoms. The summed E-state index contributed by atoms with van der Waals surface area (Å²) in [6.45, 7) is 8.26. The number of nitrogens with one attached hydrogen (secondary N) is 1. The smallest absolute Gasteiger partial charge is 0.237 e. The molecule has 2 atom stereocenters. The number of methoxy groups -OCH3 is 1. The van der Waals surface area contributed by atoms with Gasteiger partial charge in [0.15, 0.2) is 11.0 Å². The number of ether oxygens (including phenoxy) is 1. The maximum Gasteiger partial charge on any atom is 0.237 e. The first-order valence-corrected chi connectivity index (χ1v) is 13.4. The fourth-order valence-electron chi connectivity index (χ4n) is 3.81. The van der Waals surface area contributed by atoms with Crippen molar-refractivity contribution in [3.8, 4) is 22.1 Å². The molecular formula is C27H30N4O2S2. The van der Waals surface area contributed by atoms with Gasteiger partial charge < -0.3 is 10.1 Å². The number of aromatic nitrogens is 3. The molecule has 0 unspecified atom stereocenters. The van der Waals surface area contributed by atoms with Crippen LogP contribution in [-0.2, 0) is 4.79 Å². The monoisotopic (exact) mass is 506 g/mol. The number of amides is 1. The van der Waals surface area contributed by atoms with Crippen LogP contribution in [0.15, 0.2) is 65.1 Å². The lowest BCUT2D eigenvalue weighted by Gasteiger charge is -2.18. The first kappa shape index (κ1) is 25.0. The minimum absolute atomic E-state index is 0.0748. The summed E-state index contributed by atoms with van der Waals surface area (Å²) in [6, 6.07) is 18.0. The van der Waals surface area contributed by atoms with E-state index in [1.54, 1.807) is 18.4 Å². The molecule has 8 heteroatoms. The van der Waals surface area contributed by atoms with Crippen LogP contribution >= 0.6 is 23.1 Å². The molecule has 4 rings (SSSR count). The van der Waals surface area contributed by atoms with Gasteiger partial charge in [0.1, 0.15) is 5.75 Å². The molecule has 2 aromatic carbocycles. The van der Waals surface area contributed by atoms with Crippen molar-refractivity contribution in [3.63, 3.8) is 0 Å². The van der Waals surface area contributed by atoms with Crippen LogP contribution in [0.2, 0.25) is 0 Å². The Kier molecular flexibility index (Phi) is 7.93. The normalized spacial score (nSPS) is 12.8. The van der Waals surface area contributed by atoms with Gasteiger partial charge in [-0.3, -0.25) is 9.36 Å². The van der Waals surface area contributed by atoms with Crippen LogP contribution in [0.4, 0.5) is 5.69 Å². The van der Waals surface area contributed by atoms with Gasteiger partial charge in [-0.25, -0.2) is 0 Å². The maximum absolute atomic E-state index is 13.2. The second-order valence-corrected chi connectivity index (χ2v) is 10.7. The van der Waals surface area contributed by atoms with E-state index in [0.717, 1.165) is 45.4 Å². The average molecular weight is 507 g/mol. The van der Waals surface area contributed by atoms with Gasteiger partial charge in [-0.1, -0.05) is 55.9 Å². The van der Waals surface area contributed by atoms with Gasteiger partial charge in [-0.05, 0) is 67.0 Å². The Morgan fingerprint density at radius 2 is 1.94 bits per heavy atom. The Labute approximate surface area is 214 Å². The van der Waals surface area contributed by atoms with Crippen molar-refractivity contribution >= 4 is 34.7 Å². The Morgan fingerprint density at radius 1 is 1.14 bits per heavy atom. The van der Waals surface area contributed by atoms with E-state index in [1.165, 1.54) is 11.8 Å². The summed E-state index contributed by atoms with van der Waals surface area (Å²) in [5.41, 5.74) is 3.95. The summed E-state index contributed by atoms with van der Waals surface area (Å²) in [4.78, 5) is 14.2. The fraction of sp³-hybridized carbons (Fsp3) is 0.296. The molecule has 2 aromatic heterocycles. The van der Waals surface area contributed by atoms with E-state index in [-0.39, 0.29) is 5.91 Å². The van der Waals surface area contributed by atoms with Crippen LogP contribution in [0, 0.1) is 6.92 Å². The lowest BCUT2D eigenvalue weighted by molar-refractivity contribution is -0.115. The number of thiophene rings is 1. The van der Waals surface area contributed by atoms with Crippen LogP contribution in [0.5, 0.6) is 5.75 Å². The number of hydrogen-bond donors (Lipinski definition) is 1. The number of anilines is 1. The van der Waals surface area contributed by atoms with Gasteiger partial charge in [-0.2, -0.15) is 0 Å². The Morgan fingerprint density at radius 3 is 2.66 bits per heavy atom. The molecule has 0 radical (unpaired) electrons. The van der Waals surface area contributed by atoms with E-state index in [1.807, 2.05) is 66.3 Å². The first-order chi connectivity index (χ1) is 16.9. The largest absolute Gasteiger partial charge is 0.495 e. The van der Waals surface area contributed by atoms with E-state index >= 15 is 0 Å². The zero-order valence-electron chi connectivity index (χ0n) is 20.6. The summed E-state index contributed by atoms with van der Waals surface area (Å²) >= 11 is 2.98. The topological polar surface area (TPSA) is 69.0 Å². The van der Waals surface area contributed by atoms with E-state index in [2.05, 4.69) is 41.5 Å². The van der Waals surface area contributed by atoms with Crippen molar-refractivity contribution in [3.05, 3.63) is 71.1 Å². The number of benzene rings is 2. The Hall–Kier alpha value is -3.10. The molecule has 6 nitrogen and oxygen atoms in total. The van der Waals surface area contributed by atoms with Crippen molar-refractivity contribution < 1.29 is 9.53 Å². The highest BCUT2D eigenvalue weighted by molar-refractivity contribution is 8.00. The molecule has 0 spiro atoms. The molecule has 0 aliphatic carbocycles. The van der Waals surface area contributed by atoms with E-state index in [4.69, 9.17) is 4.74 Å². The highest BCUT2D eigenvalue weighted by Gasteiger charge is 2.24. The summed E-state index contributed by atoms with van der Waals surface area (Å²) in [5, 5.41) is 14.4. The molecule has 0 aliphatic rings. The van der Waals surface area contributed by atoms with E-state index in [9.17, 15) is 4.79 Å². The first-order valence-electron chi connectivity index (χ1n) is 11.6. The summed E-state index contributed by atoms with van der Waals surface area (Å²) < 4.78 is 7.65. The molecule has 0 saturated heterocycles.